The van der Waals surface area contributed by atoms with Crippen molar-refractivity contribution in [3.63, 3.8) is 0 Å². The van der Waals surface area contributed by atoms with Gasteiger partial charge in [0, 0.05) is 0 Å². The van der Waals surface area contributed by atoms with Gasteiger partial charge < -0.3 is 0 Å². The first-order valence-corrected chi connectivity index (χ1v) is 18.2. The zero-order chi connectivity index (χ0) is 34.5. The first-order valence-electron chi connectivity index (χ1n) is 18.2. The Bertz CT molecular complexity index is 3080. The zero-order valence-electron chi connectivity index (χ0n) is 29.2. The molecule has 0 spiro atoms. The maximum absolute atomic E-state index is 2.40. The largest absolute Gasteiger partial charge is 0.0587 e. The van der Waals surface area contributed by atoms with Crippen LogP contribution in [0.4, 0.5) is 0 Å². The Hall–Kier alpha value is -6.50. The van der Waals surface area contributed by atoms with E-state index in [0.717, 1.165) is 0 Å². The van der Waals surface area contributed by atoms with Crippen LogP contribution in [0.1, 0.15) is 11.1 Å². The second kappa shape index (κ2) is 11.0. The fourth-order valence-electron chi connectivity index (χ4n) is 8.71. The molecule has 0 aromatic heterocycles. The Labute approximate surface area is 302 Å². The van der Waals surface area contributed by atoms with Gasteiger partial charge in [-0.05, 0) is 159 Å². The van der Waals surface area contributed by atoms with Gasteiger partial charge in [0.25, 0.3) is 0 Å². The van der Waals surface area contributed by atoms with Gasteiger partial charge in [-0.1, -0.05) is 145 Å². The summed E-state index contributed by atoms with van der Waals surface area (Å²) in [5.74, 6) is 0. The van der Waals surface area contributed by atoms with Crippen LogP contribution in [0.2, 0.25) is 0 Å². The van der Waals surface area contributed by atoms with Crippen LogP contribution in [0, 0.1) is 13.8 Å². The van der Waals surface area contributed by atoms with Gasteiger partial charge in [-0.3, -0.25) is 0 Å². The summed E-state index contributed by atoms with van der Waals surface area (Å²) in [5.41, 5.74) is 7.60. The Balaban J connectivity index is 0.999. The van der Waals surface area contributed by atoms with Crippen LogP contribution in [0.5, 0.6) is 0 Å². The van der Waals surface area contributed by atoms with Gasteiger partial charge in [-0.2, -0.15) is 0 Å². The van der Waals surface area contributed by atoms with Gasteiger partial charge in [0.05, 0.1) is 0 Å². The van der Waals surface area contributed by atoms with Crippen molar-refractivity contribution in [3.05, 3.63) is 181 Å². The topological polar surface area (TPSA) is 0 Å². The highest BCUT2D eigenvalue weighted by atomic mass is 14.2. The van der Waals surface area contributed by atoms with Crippen molar-refractivity contribution in [2.24, 2.45) is 0 Å². The number of aryl methyl sites for hydroxylation is 2. The Kier molecular flexibility index (Phi) is 6.19. The molecular formula is C52H34. The Morgan fingerprint density at radius 2 is 0.462 bits per heavy atom. The molecule has 0 saturated heterocycles. The summed E-state index contributed by atoms with van der Waals surface area (Å²) >= 11 is 0. The average molecular weight is 659 g/mol. The van der Waals surface area contributed by atoms with Gasteiger partial charge in [-0.15, -0.1) is 0 Å². The predicted octanol–water partition coefficient (Wildman–Crippen LogP) is 14.9. The molecule has 0 amide bonds. The highest BCUT2D eigenvalue weighted by Gasteiger charge is 2.12. The third-order valence-corrected chi connectivity index (χ3v) is 11.4. The number of hydrogen-bond acceptors (Lipinski definition) is 0. The van der Waals surface area contributed by atoms with Crippen molar-refractivity contribution in [2.45, 2.75) is 13.8 Å². The van der Waals surface area contributed by atoms with E-state index in [4.69, 9.17) is 0 Å². The third-order valence-electron chi connectivity index (χ3n) is 11.4. The number of fused-ring (bicyclic) bond motifs is 12. The van der Waals surface area contributed by atoms with Crippen LogP contribution in [0.3, 0.4) is 0 Å². The maximum atomic E-state index is 2.40. The molecule has 0 unspecified atom stereocenters. The first kappa shape index (κ1) is 29.3. The van der Waals surface area contributed by atoms with E-state index in [0.29, 0.717) is 0 Å². The lowest BCUT2D eigenvalue weighted by molar-refractivity contribution is 1.50. The summed E-state index contributed by atoms with van der Waals surface area (Å²) in [6, 6.07) is 64.1. The summed E-state index contributed by atoms with van der Waals surface area (Å²) in [7, 11) is 0. The highest BCUT2D eigenvalue weighted by molar-refractivity contribution is 6.24. The molecule has 0 fully saturated rings. The number of hydrogen-bond donors (Lipinski definition) is 0. The molecule has 0 N–H and O–H groups in total. The molecule has 0 aliphatic heterocycles. The van der Waals surface area contributed by atoms with Gasteiger partial charge >= 0.3 is 0 Å². The molecule has 0 aliphatic rings. The first-order chi connectivity index (χ1) is 25.5. The van der Waals surface area contributed by atoms with E-state index in [9.17, 15) is 0 Å². The Morgan fingerprint density at radius 3 is 0.885 bits per heavy atom. The van der Waals surface area contributed by atoms with Crippen LogP contribution in [0.15, 0.2) is 170 Å². The van der Waals surface area contributed by atoms with Crippen LogP contribution >= 0.6 is 0 Å². The van der Waals surface area contributed by atoms with Gasteiger partial charge in [0.15, 0.2) is 0 Å². The fraction of sp³-hybridized carbons (Fsp3) is 0.0385. The molecule has 11 aromatic rings. The molecule has 0 saturated carbocycles. The number of benzene rings is 11. The Morgan fingerprint density at radius 1 is 0.192 bits per heavy atom. The average Bonchev–Trinajstić information content (AvgIpc) is 3.18. The van der Waals surface area contributed by atoms with Crippen LogP contribution in [0.25, 0.3) is 108 Å². The molecular weight excluding hydrogens is 625 g/mol. The second-order valence-corrected chi connectivity index (χ2v) is 14.7. The van der Waals surface area contributed by atoms with E-state index >= 15 is 0 Å². The second-order valence-electron chi connectivity index (χ2n) is 14.7. The molecule has 242 valence electrons. The summed E-state index contributed by atoms with van der Waals surface area (Å²) in [6.45, 7) is 4.30. The zero-order valence-corrected chi connectivity index (χ0v) is 29.2. The minimum Gasteiger partial charge on any atom is -0.0587 e. The number of rotatable bonds is 2. The molecule has 52 heavy (non-hydrogen) atoms. The summed E-state index contributed by atoms with van der Waals surface area (Å²) in [6.07, 6.45) is 0. The molecule has 0 radical (unpaired) electrons. The molecule has 0 bridgehead atoms. The van der Waals surface area contributed by atoms with E-state index in [1.807, 2.05) is 0 Å². The monoisotopic (exact) mass is 658 g/mol. The van der Waals surface area contributed by atoms with Gasteiger partial charge in [0.2, 0.25) is 0 Å². The van der Waals surface area contributed by atoms with E-state index in [2.05, 4.69) is 184 Å². The molecule has 0 atom stereocenters. The normalized spacial score (nSPS) is 12.0. The minimum atomic E-state index is 1.25. The van der Waals surface area contributed by atoms with Crippen molar-refractivity contribution in [1.82, 2.24) is 0 Å². The molecule has 11 rings (SSSR count). The van der Waals surface area contributed by atoms with Crippen molar-refractivity contribution in [3.8, 4) is 22.3 Å². The lowest BCUT2D eigenvalue weighted by Crippen LogP contribution is -1.86. The van der Waals surface area contributed by atoms with Crippen molar-refractivity contribution >= 4 is 86.2 Å². The summed E-state index contributed by atoms with van der Waals surface area (Å²) in [4.78, 5) is 0. The molecule has 0 aliphatic carbocycles. The van der Waals surface area contributed by atoms with Crippen molar-refractivity contribution < 1.29 is 0 Å². The molecule has 0 nitrogen and oxygen atoms in total. The van der Waals surface area contributed by atoms with Gasteiger partial charge in [0.1, 0.15) is 0 Å². The quantitative estimate of drug-likeness (QED) is 0.128. The van der Waals surface area contributed by atoms with Crippen LogP contribution < -0.4 is 0 Å². The predicted molar refractivity (Wildman–Crippen MR) is 227 cm³/mol. The molecule has 11 aromatic carbocycles. The standard InChI is InChI=1S/C52H34/c1-31-3-5-35-25-37(9-7-33(35)23-31)39-11-17-45-41(27-39)13-21-49-47(45)19-15-43-30-52-44(29-51(43)49)16-20-48-46-18-12-40(28-42(46)14-22-50(48)52)38-10-8-34-24-32(2)4-6-36(34)26-38/h3-30H,1-2H3. The van der Waals surface area contributed by atoms with Crippen LogP contribution in [-0.4, -0.2) is 0 Å². The molecule has 0 heterocycles. The minimum absolute atomic E-state index is 1.25. The van der Waals surface area contributed by atoms with E-state index in [1.54, 1.807) is 0 Å². The van der Waals surface area contributed by atoms with Gasteiger partial charge in [-0.25, -0.2) is 0 Å². The summed E-state index contributed by atoms with van der Waals surface area (Å²) < 4.78 is 0. The van der Waals surface area contributed by atoms with E-state index in [-0.39, 0.29) is 0 Å². The van der Waals surface area contributed by atoms with Crippen molar-refractivity contribution in [1.29, 1.82) is 0 Å². The highest BCUT2D eigenvalue weighted by Crippen LogP contribution is 2.39. The SMILES string of the molecule is Cc1ccc2cc(-c3ccc4c(ccc5c6cc7ccc8c9ccc(-c%10ccc%11cc(C)ccc%11c%10)cc9ccc8c7cc6ccc45)c3)ccc2c1. The summed E-state index contributed by atoms with van der Waals surface area (Å²) in [5, 5.41) is 20.6. The molecule has 0 heteroatoms. The van der Waals surface area contributed by atoms with E-state index in [1.165, 1.54) is 120 Å². The smallest absolute Gasteiger partial charge is 0.00987 e. The van der Waals surface area contributed by atoms with Crippen LogP contribution in [-0.2, 0) is 0 Å². The van der Waals surface area contributed by atoms with E-state index < -0.39 is 0 Å². The lowest BCUT2D eigenvalue weighted by Gasteiger charge is -2.13. The lowest BCUT2D eigenvalue weighted by atomic mass is 9.91. The maximum Gasteiger partial charge on any atom is -0.00987 e. The fourth-order valence-corrected chi connectivity index (χ4v) is 8.71. The van der Waals surface area contributed by atoms with Crippen molar-refractivity contribution in [2.75, 3.05) is 0 Å². The third kappa shape index (κ3) is 4.54.